The summed E-state index contributed by atoms with van der Waals surface area (Å²) in [5.41, 5.74) is 1.02. The first-order chi connectivity index (χ1) is 13.4. The van der Waals surface area contributed by atoms with Gasteiger partial charge in [-0.2, -0.15) is 17.6 Å². The van der Waals surface area contributed by atoms with Crippen LogP contribution in [0.1, 0.15) is 10.4 Å². The summed E-state index contributed by atoms with van der Waals surface area (Å²) in [7, 11) is 0. The van der Waals surface area contributed by atoms with Gasteiger partial charge in [0, 0.05) is 21.4 Å². The number of carbonyl (C=O) groups excluding carboxylic acids is 1. The zero-order chi connectivity index (χ0) is 20.1. The summed E-state index contributed by atoms with van der Waals surface area (Å²) in [6, 6.07) is 11.9. The van der Waals surface area contributed by atoms with E-state index >= 15 is 0 Å². The Balaban J connectivity index is 1.72. The molecule has 0 fully saturated rings. The van der Waals surface area contributed by atoms with Crippen molar-refractivity contribution in [2.45, 2.75) is 17.3 Å². The molecule has 0 saturated heterocycles. The van der Waals surface area contributed by atoms with Crippen LogP contribution in [0, 0.1) is 0 Å². The minimum Gasteiger partial charge on any atom is -0.434 e. The number of nitrogens with one attached hydrogen (secondary N) is 1. The van der Waals surface area contributed by atoms with E-state index in [1.165, 1.54) is 30.3 Å². The summed E-state index contributed by atoms with van der Waals surface area (Å²) in [5.74, 6) is -3.02. The van der Waals surface area contributed by atoms with Crippen molar-refractivity contribution >= 4 is 34.1 Å². The van der Waals surface area contributed by atoms with E-state index in [4.69, 9.17) is 0 Å². The molecule has 0 spiro atoms. The van der Waals surface area contributed by atoms with Gasteiger partial charge in [0.2, 0.25) is 0 Å². The molecule has 3 aromatic rings. The number of rotatable bonds is 7. The van der Waals surface area contributed by atoms with E-state index < -0.39 is 18.3 Å². The molecule has 1 heterocycles. The normalized spacial score (nSPS) is 11.1. The predicted octanol–water partition coefficient (Wildman–Crippen LogP) is 5.98. The second kappa shape index (κ2) is 9.07. The summed E-state index contributed by atoms with van der Waals surface area (Å²) >= 11 is 1.51. The van der Waals surface area contributed by atoms with Crippen LogP contribution in [0.25, 0.3) is 11.3 Å². The van der Waals surface area contributed by atoms with E-state index in [0.29, 0.717) is 27.9 Å². The van der Waals surface area contributed by atoms with E-state index in [1.807, 2.05) is 0 Å². The van der Waals surface area contributed by atoms with Crippen LogP contribution in [0.4, 0.5) is 22.7 Å². The van der Waals surface area contributed by atoms with Gasteiger partial charge in [0.25, 0.3) is 11.7 Å². The van der Waals surface area contributed by atoms with Crippen LogP contribution >= 0.6 is 23.1 Å². The van der Waals surface area contributed by atoms with Crippen LogP contribution in [-0.4, -0.2) is 23.3 Å². The molecule has 0 aliphatic carbocycles. The topological polar surface area (TPSA) is 51.2 Å². The quantitative estimate of drug-likeness (QED) is 0.372. The number of thioether (sulfide) groups is 1. The molecule has 1 N–H and O–H groups in total. The maximum absolute atomic E-state index is 12.5. The first-order valence-electron chi connectivity index (χ1n) is 7.78. The molecule has 0 saturated carbocycles. The van der Waals surface area contributed by atoms with Crippen molar-refractivity contribution in [3.8, 4) is 17.0 Å². The predicted molar refractivity (Wildman–Crippen MR) is 100 cm³/mol. The number of halogens is 4. The molecule has 146 valence electrons. The third-order valence-corrected chi connectivity index (χ3v) is 4.93. The molecule has 0 aliphatic rings. The lowest BCUT2D eigenvalue weighted by molar-refractivity contribution is -0.0494. The van der Waals surface area contributed by atoms with Crippen LogP contribution in [0.5, 0.6) is 5.75 Å². The third-order valence-electron chi connectivity index (χ3n) is 3.45. The van der Waals surface area contributed by atoms with Crippen molar-refractivity contribution in [1.29, 1.82) is 0 Å². The number of carbonyl (C=O) groups is 1. The summed E-state index contributed by atoms with van der Waals surface area (Å²) in [5, 5.41) is 4.46. The van der Waals surface area contributed by atoms with Gasteiger partial charge in [0.1, 0.15) is 5.75 Å². The van der Waals surface area contributed by atoms with Crippen molar-refractivity contribution in [3.05, 3.63) is 59.5 Å². The molecule has 2 aromatic carbocycles. The van der Waals surface area contributed by atoms with Crippen LogP contribution < -0.4 is 10.1 Å². The van der Waals surface area contributed by atoms with E-state index in [9.17, 15) is 22.4 Å². The fourth-order valence-corrected chi connectivity index (χ4v) is 3.49. The lowest BCUT2D eigenvalue weighted by Gasteiger charge is -2.08. The number of benzene rings is 2. The van der Waals surface area contributed by atoms with Gasteiger partial charge in [0.15, 0.2) is 5.13 Å². The molecule has 1 amide bonds. The van der Waals surface area contributed by atoms with Crippen LogP contribution in [-0.2, 0) is 0 Å². The standard InChI is InChI=1S/C18H12F4N2O2S2/c19-16(20)26-14-4-2-1-3-12(14)13-9-27-18(23-13)24-15(25)10-5-7-11(8-6-10)28-17(21)22/h1-9,16-17H,(H,23,24,25). The highest BCUT2D eigenvalue weighted by atomic mass is 32.2. The maximum atomic E-state index is 12.5. The number of para-hydroxylation sites is 1. The Bertz CT molecular complexity index is 949. The summed E-state index contributed by atoms with van der Waals surface area (Å²) in [4.78, 5) is 16.9. The molecule has 0 bridgehead atoms. The van der Waals surface area contributed by atoms with E-state index in [2.05, 4.69) is 15.0 Å². The number of aromatic nitrogens is 1. The fourth-order valence-electron chi connectivity index (χ4n) is 2.29. The molecule has 3 rings (SSSR count). The Morgan fingerprint density at radius 2 is 1.79 bits per heavy atom. The molecule has 10 heteroatoms. The first-order valence-corrected chi connectivity index (χ1v) is 9.54. The molecule has 0 aliphatic heterocycles. The fraction of sp³-hybridized carbons (Fsp3) is 0.111. The van der Waals surface area contributed by atoms with Gasteiger partial charge >= 0.3 is 6.61 Å². The minimum atomic E-state index is -2.97. The summed E-state index contributed by atoms with van der Waals surface area (Å²) in [6.45, 7) is -2.97. The van der Waals surface area contributed by atoms with Crippen LogP contribution in [0.15, 0.2) is 58.8 Å². The van der Waals surface area contributed by atoms with Gasteiger partial charge in [-0.15, -0.1) is 11.3 Å². The summed E-state index contributed by atoms with van der Waals surface area (Å²) in [6.07, 6.45) is 0. The van der Waals surface area contributed by atoms with Crippen molar-refractivity contribution in [3.63, 3.8) is 0 Å². The highest BCUT2D eigenvalue weighted by molar-refractivity contribution is 7.99. The third kappa shape index (κ3) is 5.23. The number of anilines is 1. The molecule has 0 unspecified atom stereocenters. The zero-order valence-corrected chi connectivity index (χ0v) is 15.6. The highest BCUT2D eigenvalue weighted by Gasteiger charge is 2.15. The largest absolute Gasteiger partial charge is 0.434 e. The molecule has 0 radical (unpaired) electrons. The van der Waals surface area contributed by atoms with Gasteiger partial charge in [-0.1, -0.05) is 23.9 Å². The van der Waals surface area contributed by atoms with Crippen molar-refractivity contribution in [2.75, 3.05) is 5.32 Å². The molecular formula is C18H12F4N2O2S2. The summed E-state index contributed by atoms with van der Waals surface area (Å²) < 4.78 is 54.2. The number of ether oxygens (including phenoxy) is 1. The maximum Gasteiger partial charge on any atom is 0.387 e. The number of alkyl halides is 4. The van der Waals surface area contributed by atoms with Gasteiger partial charge in [0.05, 0.1) is 5.69 Å². The molecule has 4 nitrogen and oxygen atoms in total. The van der Waals surface area contributed by atoms with Crippen LogP contribution in [0.3, 0.4) is 0 Å². The van der Waals surface area contributed by atoms with Crippen molar-refractivity contribution in [2.24, 2.45) is 0 Å². The van der Waals surface area contributed by atoms with Crippen molar-refractivity contribution < 1.29 is 27.1 Å². The molecule has 28 heavy (non-hydrogen) atoms. The second-order valence-corrected chi connectivity index (χ2v) is 7.19. The number of hydrogen-bond acceptors (Lipinski definition) is 5. The van der Waals surface area contributed by atoms with Crippen LogP contribution in [0.2, 0.25) is 0 Å². The minimum absolute atomic E-state index is 0.0206. The number of hydrogen-bond donors (Lipinski definition) is 1. The van der Waals surface area contributed by atoms with Gasteiger partial charge in [-0.25, -0.2) is 4.98 Å². The second-order valence-electron chi connectivity index (χ2n) is 5.27. The monoisotopic (exact) mass is 428 g/mol. The number of amides is 1. The first kappa shape index (κ1) is 20.2. The highest BCUT2D eigenvalue weighted by Crippen LogP contribution is 2.33. The Labute approximate surface area is 165 Å². The van der Waals surface area contributed by atoms with Gasteiger partial charge < -0.3 is 4.74 Å². The zero-order valence-electron chi connectivity index (χ0n) is 13.9. The number of thiazole rings is 1. The molecular weight excluding hydrogens is 416 g/mol. The molecule has 1 aromatic heterocycles. The van der Waals surface area contributed by atoms with Crippen molar-refractivity contribution in [1.82, 2.24) is 4.98 Å². The smallest absolute Gasteiger partial charge is 0.387 e. The lowest BCUT2D eigenvalue weighted by atomic mass is 10.1. The lowest BCUT2D eigenvalue weighted by Crippen LogP contribution is -2.11. The molecule has 0 atom stereocenters. The Morgan fingerprint density at radius 3 is 2.46 bits per heavy atom. The Kier molecular flexibility index (Phi) is 6.53. The Morgan fingerprint density at radius 1 is 1.07 bits per heavy atom. The SMILES string of the molecule is O=C(Nc1nc(-c2ccccc2OC(F)F)cs1)c1ccc(SC(F)F)cc1. The van der Waals surface area contributed by atoms with Gasteiger partial charge in [-0.3, -0.25) is 10.1 Å². The average molecular weight is 428 g/mol. The van der Waals surface area contributed by atoms with Gasteiger partial charge in [-0.05, 0) is 36.4 Å². The van der Waals surface area contributed by atoms with E-state index in [-0.39, 0.29) is 16.4 Å². The average Bonchev–Trinajstić information content (AvgIpc) is 3.10. The van der Waals surface area contributed by atoms with E-state index in [1.54, 1.807) is 23.6 Å². The Hall–Kier alpha value is -2.59. The number of nitrogens with zero attached hydrogens (tertiary/aromatic N) is 1. The van der Waals surface area contributed by atoms with E-state index in [0.717, 1.165) is 11.3 Å².